The lowest BCUT2D eigenvalue weighted by Gasteiger charge is -2.13. The minimum absolute atomic E-state index is 0.0470. The van der Waals surface area contributed by atoms with Crippen LogP contribution in [0, 0.1) is 0 Å². The van der Waals surface area contributed by atoms with Gasteiger partial charge in [-0.25, -0.2) is 0 Å². The molecule has 0 unspecified atom stereocenters. The lowest BCUT2D eigenvalue weighted by atomic mass is 10.1. The number of ether oxygens (including phenoxy) is 1. The summed E-state index contributed by atoms with van der Waals surface area (Å²) in [4.78, 5) is 38.1. The number of nitrogens with one attached hydrogen (secondary N) is 2. The van der Waals surface area contributed by atoms with Crippen molar-refractivity contribution in [3.8, 4) is 5.75 Å². The number of halogens is 3. The van der Waals surface area contributed by atoms with Gasteiger partial charge in [-0.3, -0.25) is 14.4 Å². The van der Waals surface area contributed by atoms with E-state index in [1.807, 2.05) is 30.3 Å². The van der Waals surface area contributed by atoms with Crippen LogP contribution in [0.2, 0.25) is 0 Å². The molecule has 7 nitrogen and oxygen atoms in total. The Bertz CT molecular complexity index is 1210. The molecule has 0 bridgehead atoms. The normalized spacial score (nSPS) is 11.1. The minimum atomic E-state index is -4.80. The van der Waals surface area contributed by atoms with E-state index < -0.39 is 23.6 Å². The van der Waals surface area contributed by atoms with Crippen molar-refractivity contribution in [2.45, 2.75) is 26.4 Å². The molecule has 2 N–H and O–H groups in total. The topological polar surface area (TPSA) is 89.4 Å². The molecular formula is C24H22F3N3O4. The van der Waals surface area contributed by atoms with Gasteiger partial charge in [-0.15, -0.1) is 13.2 Å². The molecule has 1 aromatic heterocycles. The third-order valence-electron chi connectivity index (χ3n) is 4.72. The average Bonchev–Trinajstić information content (AvgIpc) is 2.79. The lowest BCUT2D eigenvalue weighted by molar-refractivity contribution is -0.274. The Kier molecular flexibility index (Phi) is 7.72. The van der Waals surface area contributed by atoms with Crippen LogP contribution >= 0.6 is 0 Å². The van der Waals surface area contributed by atoms with Crippen LogP contribution < -0.4 is 20.8 Å². The van der Waals surface area contributed by atoms with E-state index in [2.05, 4.69) is 15.4 Å². The molecule has 2 aromatic carbocycles. The van der Waals surface area contributed by atoms with Gasteiger partial charge in [-0.05, 0) is 30.2 Å². The van der Waals surface area contributed by atoms with Gasteiger partial charge in [-0.2, -0.15) is 0 Å². The van der Waals surface area contributed by atoms with Crippen molar-refractivity contribution in [3.05, 3.63) is 99.5 Å². The van der Waals surface area contributed by atoms with E-state index in [0.717, 1.165) is 17.7 Å². The van der Waals surface area contributed by atoms with Crippen LogP contribution in [-0.4, -0.2) is 29.3 Å². The minimum Gasteiger partial charge on any atom is -0.406 e. The van der Waals surface area contributed by atoms with E-state index in [0.29, 0.717) is 18.7 Å². The molecular weight excluding hydrogens is 451 g/mol. The highest BCUT2D eigenvalue weighted by molar-refractivity contribution is 5.99. The summed E-state index contributed by atoms with van der Waals surface area (Å²) in [5, 5.41) is 5.13. The Morgan fingerprint density at radius 1 is 0.882 bits per heavy atom. The van der Waals surface area contributed by atoms with Crippen molar-refractivity contribution >= 4 is 11.8 Å². The molecule has 178 valence electrons. The first kappa shape index (κ1) is 24.6. The highest BCUT2D eigenvalue weighted by Gasteiger charge is 2.31. The summed E-state index contributed by atoms with van der Waals surface area (Å²) in [7, 11) is 0. The zero-order chi connectivity index (χ0) is 24.7. The number of pyridine rings is 1. The molecule has 0 fully saturated rings. The van der Waals surface area contributed by atoms with Crippen LogP contribution in [0.5, 0.6) is 5.75 Å². The van der Waals surface area contributed by atoms with Crippen molar-refractivity contribution in [2.75, 3.05) is 6.54 Å². The van der Waals surface area contributed by atoms with E-state index in [-0.39, 0.29) is 23.4 Å². The van der Waals surface area contributed by atoms with E-state index in [9.17, 15) is 27.6 Å². The molecule has 10 heteroatoms. The van der Waals surface area contributed by atoms with E-state index in [4.69, 9.17) is 0 Å². The van der Waals surface area contributed by atoms with Gasteiger partial charge in [0.2, 0.25) is 5.43 Å². The van der Waals surface area contributed by atoms with Crippen LogP contribution in [0.25, 0.3) is 0 Å². The van der Waals surface area contributed by atoms with Crippen LogP contribution in [0.4, 0.5) is 13.2 Å². The number of aromatic nitrogens is 1. The molecule has 34 heavy (non-hydrogen) atoms. The highest BCUT2D eigenvalue weighted by Crippen LogP contribution is 2.22. The van der Waals surface area contributed by atoms with Crippen LogP contribution in [0.15, 0.2) is 71.8 Å². The van der Waals surface area contributed by atoms with Gasteiger partial charge in [0.15, 0.2) is 0 Å². The van der Waals surface area contributed by atoms with E-state index >= 15 is 0 Å². The molecule has 0 saturated heterocycles. The van der Waals surface area contributed by atoms with Crippen molar-refractivity contribution in [3.63, 3.8) is 0 Å². The van der Waals surface area contributed by atoms with Gasteiger partial charge in [0.1, 0.15) is 16.9 Å². The molecule has 0 spiro atoms. The van der Waals surface area contributed by atoms with Gasteiger partial charge in [0.25, 0.3) is 11.8 Å². The number of alkyl halides is 3. The maximum absolute atomic E-state index is 12.9. The Hall–Kier alpha value is -4.08. The fourth-order valence-corrected chi connectivity index (χ4v) is 3.18. The third kappa shape index (κ3) is 6.71. The molecule has 0 aliphatic heterocycles. The number of amides is 2. The first-order valence-corrected chi connectivity index (χ1v) is 10.4. The smallest absolute Gasteiger partial charge is 0.406 e. The molecule has 0 radical (unpaired) electrons. The number of hydrogen-bond donors (Lipinski definition) is 2. The molecule has 3 rings (SSSR count). The van der Waals surface area contributed by atoms with Gasteiger partial charge < -0.3 is 19.9 Å². The van der Waals surface area contributed by atoms with Gasteiger partial charge in [0, 0.05) is 32.0 Å². The molecule has 1 heterocycles. The Labute approximate surface area is 193 Å². The summed E-state index contributed by atoms with van der Waals surface area (Å²) in [5.41, 5.74) is 0.283. The molecule has 0 saturated carbocycles. The third-order valence-corrected chi connectivity index (χ3v) is 4.72. The summed E-state index contributed by atoms with van der Waals surface area (Å²) in [6, 6.07) is 14.3. The Balaban J connectivity index is 1.81. The summed E-state index contributed by atoms with van der Waals surface area (Å²) in [5.74, 6) is -1.70. The van der Waals surface area contributed by atoms with Crippen molar-refractivity contribution in [2.24, 2.45) is 0 Å². The Morgan fingerprint density at radius 2 is 1.47 bits per heavy atom. The molecule has 0 atom stereocenters. The SMILES string of the molecule is CCNC(=O)c1cn(Cc2ccccc2)cc(C(=O)NCc2ccc(OC(F)(F)F)cc2)c1=O. The fraction of sp³-hybridized carbons (Fsp3) is 0.208. The number of hydrogen-bond acceptors (Lipinski definition) is 4. The van der Waals surface area contributed by atoms with Crippen LogP contribution in [0.3, 0.4) is 0 Å². The number of carbonyl (C=O) groups excluding carboxylic acids is 2. The standard InChI is InChI=1S/C24H22F3N3O4/c1-2-28-22(32)19-14-30(13-17-6-4-3-5-7-17)15-20(21(19)31)23(33)29-12-16-8-10-18(11-9-16)34-24(25,26)27/h3-11,14-15H,2,12-13H2,1H3,(H,28,32)(H,29,33). The van der Waals surface area contributed by atoms with Crippen LogP contribution in [0.1, 0.15) is 38.8 Å². The molecule has 3 aromatic rings. The summed E-state index contributed by atoms with van der Waals surface area (Å²) >= 11 is 0. The zero-order valence-corrected chi connectivity index (χ0v) is 18.2. The number of benzene rings is 2. The predicted molar refractivity (Wildman–Crippen MR) is 119 cm³/mol. The maximum atomic E-state index is 12.9. The van der Waals surface area contributed by atoms with Crippen LogP contribution in [-0.2, 0) is 13.1 Å². The summed E-state index contributed by atoms with van der Waals surface area (Å²) < 4.78 is 42.3. The van der Waals surface area contributed by atoms with Crippen molar-refractivity contribution < 1.29 is 27.5 Å². The highest BCUT2D eigenvalue weighted by atomic mass is 19.4. The van der Waals surface area contributed by atoms with Crippen molar-refractivity contribution in [1.82, 2.24) is 15.2 Å². The maximum Gasteiger partial charge on any atom is 0.573 e. The lowest BCUT2D eigenvalue weighted by Crippen LogP contribution is -2.35. The van der Waals surface area contributed by atoms with Gasteiger partial charge in [0.05, 0.1) is 0 Å². The fourth-order valence-electron chi connectivity index (χ4n) is 3.18. The second-order valence-corrected chi connectivity index (χ2v) is 7.31. The average molecular weight is 473 g/mol. The second kappa shape index (κ2) is 10.7. The molecule has 0 aliphatic rings. The van der Waals surface area contributed by atoms with Gasteiger partial charge >= 0.3 is 6.36 Å². The summed E-state index contributed by atoms with van der Waals surface area (Å²) in [6.45, 7) is 2.30. The molecule has 0 aliphatic carbocycles. The second-order valence-electron chi connectivity index (χ2n) is 7.31. The number of nitrogens with zero attached hydrogens (tertiary/aromatic N) is 1. The summed E-state index contributed by atoms with van der Waals surface area (Å²) in [6.07, 6.45) is -2.03. The molecule has 2 amide bonds. The zero-order valence-electron chi connectivity index (χ0n) is 18.2. The first-order chi connectivity index (χ1) is 16.2. The van der Waals surface area contributed by atoms with Gasteiger partial charge in [-0.1, -0.05) is 42.5 Å². The number of rotatable bonds is 8. The van der Waals surface area contributed by atoms with E-state index in [1.165, 1.54) is 24.5 Å². The van der Waals surface area contributed by atoms with Crippen molar-refractivity contribution in [1.29, 1.82) is 0 Å². The number of carbonyl (C=O) groups is 2. The quantitative estimate of drug-likeness (QED) is 0.524. The Morgan fingerprint density at radius 3 is 2.03 bits per heavy atom. The predicted octanol–water partition coefficient (Wildman–Crippen LogP) is 3.47. The monoisotopic (exact) mass is 473 g/mol. The largest absolute Gasteiger partial charge is 0.573 e. The van der Waals surface area contributed by atoms with E-state index in [1.54, 1.807) is 11.5 Å². The first-order valence-electron chi connectivity index (χ1n) is 10.4.